The monoisotopic (exact) mass is 450 g/mol. The topological polar surface area (TPSA) is 119 Å². The molecule has 2 heterocycles. The Morgan fingerprint density at radius 1 is 1.30 bits per heavy atom. The Bertz CT molecular complexity index is 1170. The zero-order valence-corrected chi connectivity index (χ0v) is 18.6. The van der Waals surface area contributed by atoms with Gasteiger partial charge in [0, 0.05) is 6.42 Å². The minimum absolute atomic E-state index is 0.110. The maximum absolute atomic E-state index is 13.5. The summed E-state index contributed by atoms with van der Waals surface area (Å²) in [7, 11) is 0. The normalized spacial score (nSPS) is 16.3. The van der Waals surface area contributed by atoms with Crippen LogP contribution in [0.5, 0.6) is 0 Å². The van der Waals surface area contributed by atoms with Crippen molar-refractivity contribution in [2.24, 2.45) is 0 Å². The van der Waals surface area contributed by atoms with Gasteiger partial charge in [0.05, 0.1) is 23.6 Å². The van der Waals surface area contributed by atoms with E-state index in [9.17, 15) is 19.2 Å². The van der Waals surface area contributed by atoms with Gasteiger partial charge in [-0.1, -0.05) is 43.0 Å². The summed E-state index contributed by atoms with van der Waals surface area (Å²) >= 11 is 0. The number of ether oxygens (including phenoxy) is 1. The fourth-order valence-corrected chi connectivity index (χ4v) is 3.66. The van der Waals surface area contributed by atoms with Gasteiger partial charge < -0.3 is 10.1 Å². The van der Waals surface area contributed by atoms with E-state index in [4.69, 9.17) is 4.74 Å². The molecule has 1 unspecified atom stereocenters. The molecule has 0 saturated carbocycles. The molecule has 1 aliphatic heterocycles. The Kier molecular flexibility index (Phi) is 7.68. The number of aromatic nitrogens is 2. The van der Waals surface area contributed by atoms with Crippen LogP contribution in [0.4, 0.5) is 0 Å². The van der Waals surface area contributed by atoms with Gasteiger partial charge in [0.1, 0.15) is 18.5 Å². The molecule has 0 spiro atoms. The Labute approximate surface area is 191 Å². The van der Waals surface area contributed by atoms with Crippen molar-refractivity contribution in [2.75, 3.05) is 6.61 Å². The summed E-state index contributed by atoms with van der Waals surface area (Å²) in [5.41, 5.74) is 1.04. The molecule has 1 aliphatic rings. The summed E-state index contributed by atoms with van der Waals surface area (Å²) in [5.74, 6) is -1.08. The van der Waals surface area contributed by atoms with Gasteiger partial charge in [-0.25, -0.2) is 4.98 Å². The highest BCUT2D eigenvalue weighted by Gasteiger charge is 2.31. The van der Waals surface area contributed by atoms with E-state index >= 15 is 0 Å². The van der Waals surface area contributed by atoms with Crippen molar-refractivity contribution < 1.29 is 19.1 Å². The summed E-state index contributed by atoms with van der Waals surface area (Å²) in [6.45, 7) is 7.05. The number of nitrogens with zero attached hydrogens (tertiary/aromatic N) is 2. The SMILES string of the molecule is C=Cc1nc(C)n(C2CCC(=O)NC2=O)c(=O)c1/C(=C\C)NC(=O)COCc1ccccc1. The van der Waals surface area contributed by atoms with E-state index in [0.717, 1.165) is 5.56 Å². The van der Waals surface area contributed by atoms with E-state index in [1.807, 2.05) is 30.3 Å². The lowest BCUT2D eigenvalue weighted by molar-refractivity contribution is -0.136. The number of allylic oxidation sites excluding steroid dienone is 1. The maximum Gasteiger partial charge on any atom is 0.264 e. The van der Waals surface area contributed by atoms with E-state index in [-0.39, 0.29) is 48.9 Å². The molecule has 1 fully saturated rings. The summed E-state index contributed by atoms with van der Waals surface area (Å²) < 4.78 is 6.72. The molecule has 33 heavy (non-hydrogen) atoms. The Morgan fingerprint density at radius 2 is 2.03 bits per heavy atom. The van der Waals surface area contributed by atoms with E-state index < -0.39 is 23.4 Å². The number of aryl methyl sites for hydroxylation is 1. The molecule has 2 aromatic rings. The lowest BCUT2D eigenvalue weighted by atomic mass is 10.0. The lowest BCUT2D eigenvalue weighted by Gasteiger charge is -2.25. The number of piperidine rings is 1. The van der Waals surface area contributed by atoms with Crippen molar-refractivity contribution >= 4 is 29.5 Å². The van der Waals surface area contributed by atoms with Crippen LogP contribution in [0.3, 0.4) is 0 Å². The third kappa shape index (κ3) is 5.50. The van der Waals surface area contributed by atoms with Crippen LogP contribution in [0.25, 0.3) is 11.8 Å². The number of rotatable bonds is 8. The molecule has 9 heteroatoms. The number of benzene rings is 1. The predicted octanol–water partition coefficient (Wildman–Crippen LogP) is 1.87. The number of hydrogen-bond acceptors (Lipinski definition) is 6. The van der Waals surface area contributed by atoms with Crippen molar-refractivity contribution in [2.45, 2.75) is 39.3 Å². The minimum Gasteiger partial charge on any atom is -0.367 e. The van der Waals surface area contributed by atoms with Gasteiger partial charge in [0.2, 0.25) is 17.7 Å². The molecule has 0 aliphatic carbocycles. The Balaban J connectivity index is 1.84. The third-order valence-corrected chi connectivity index (χ3v) is 5.21. The van der Waals surface area contributed by atoms with Gasteiger partial charge >= 0.3 is 0 Å². The first kappa shape index (κ1) is 23.8. The van der Waals surface area contributed by atoms with E-state index in [2.05, 4.69) is 22.2 Å². The van der Waals surface area contributed by atoms with E-state index in [1.54, 1.807) is 19.9 Å². The van der Waals surface area contributed by atoms with E-state index in [1.165, 1.54) is 10.6 Å². The number of amides is 3. The molecule has 1 aromatic heterocycles. The van der Waals surface area contributed by atoms with Crippen LogP contribution >= 0.6 is 0 Å². The molecule has 2 N–H and O–H groups in total. The van der Waals surface area contributed by atoms with Crippen molar-refractivity contribution in [3.8, 4) is 0 Å². The van der Waals surface area contributed by atoms with Crippen molar-refractivity contribution in [1.82, 2.24) is 20.2 Å². The highest BCUT2D eigenvalue weighted by Crippen LogP contribution is 2.21. The Hall–Kier alpha value is -3.85. The first-order chi connectivity index (χ1) is 15.8. The van der Waals surface area contributed by atoms with Gasteiger partial charge in [-0.15, -0.1) is 0 Å². The third-order valence-electron chi connectivity index (χ3n) is 5.21. The van der Waals surface area contributed by atoms with Gasteiger partial charge in [-0.2, -0.15) is 0 Å². The van der Waals surface area contributed by atoms with Crippen molar-refractivity contribution in [3.05, 3.63) is 76.0 Å². The zero-order valence-electron chi connectivity index (χ0n) is 18.6. The Morgan fingerprint density at radius 3 is 2.67 bits per heavy atom. The molecule has 1 aromatic carbocycles. The fraction of sp³-hybridized carbons (Fsp3) is 0.292. The highest BCUT2D eigenvalue weighted by atomic mass is 16.5. The summed E-state index contributed by atoms with van der Waals surface area (Å²) in [6, 6.07) is 8.56. The second kappa shape index (κ2) is 10.6. The molecule has 1 atom stereocenters. The first-order valence-corrected chi connectivity index (χ1v) is 10.5. The van der Waals surface area contributed by atoms with Crippen LogP contribution in [-0.2, 0) is 25.7 Å². The van der Waals surface area contributed by atoms with Crippen LogP contribution in [0.15, 0.2) is 47.8 Å². The molecule has 9 nitrogen and oxygen atoms in total. The average molecular weight is 450 g/mol. The fourth-order valence-electron chi connectivity index (χ4n) is 3.66. The molecule has 0 bridgehead atoms. The van der Waals surface area contributed by atoms with Crippen molar-refractivity contribution in [3.63, 3.8) is 0 Å². The van der Waals surface area contributed by atoms with E-state index in [0.29, 0.717) is 5.82 Å². The molecule has 3 amide bonds. The second-order valence-corrected chi connectivity index (χ2v) is 7.49. The van der Waals surface area contributed by atoms with Gasteiger partial charge in [-0.3, -0.25) is 29.1 Å². The molecule has 3 rings (SSSR count). The van der Waals surface area contributed by atoms with Gasteiger partial charge in [0.25, 0.3) is 5.56 Å². The van der Waals surface area contributed by atoms with Crippen LogP contribution in [0.1, 0.15) is 48.5 Å². The predicted molar refractivity (Wildman–Crippen MR) is 123 cm³/mol. The van der Waals surface area contributed by atoms with Crippen molar-refractivity contribution in [1.29, 1.82) is 0 Å². The number of nitrogens with one attached hydrogen (secondary N) is 2. The van der Waals surface area contributed by atoms with Crippen LogP contribution in [0, 0.1) is 6.92 Å². The molecule has 1 saturated heterocycles. The largest absolute Gasteiger partial charge is 0.367 e. The zero-order chi connectivity index (χ0) is 24.0. The van der Waals surface area contributed by atoms with Gasteiger partial charge in [0.15, 0.2) is 0 Å². The van der Waals surface area contributed by atoms with Crippen LogP contribution in [0.2, 0.25) is 0 Å². The smallest absolute Gasteiger partial charge is 0.264 e. The quantitative estimate of drug-likeness (QED) is 0.593. The molecular weight excluding hydrogens is 424 g/mol. The lowest BCUT2D eigenvalue weighted by Crippen LogP contribution is -2.46. The van der Waals surface area contributed by atoms with Gasteiger partial charge in [-0.05, 0) is 31.9 Å². The number of carbonyl (C=O) groups excluding carboxylic acids is 3. The van der Waals surface area contributed by atoms with Crippen LogP contribution in [-0.4, -0.2) is 33.9 Å². The summed E-state index contributed by atoms with van der Waals surface area (Å²) in [6.07, 6.45) is 3.29. The molecule has 172 valence electrons. The second-order valence-electron chi connectivity index (χ2n) is 7.49. The van der Waals surface area contributed by atoms with Crippen LogP contribution < -0.4 is 16.2 Å². The number of imide groups is 1. The minimum atomic E-state index is -0.872. The highest BCUT2D eigenvalue weighted by molar-refractivity contribution is 5.99. The summed E-state index contributed by atoms with van der Waals surface area (Å²) in [5, 5.41) is 4.95. The first-order valence-electron chi connectivity index (χ1n) is 10.5. The standard InChI is InChI=1S/C24H26N4O5/c1-4-17-22(18(5-2)26-21(30)14-33-13-16-9-7-6-8-10-16)24(32)28(15(3)25-17)19-11-12-20(29)27-23(19)31/h4-10,19H,1,11-14H2,2-3H3,(H,26,30)(H,27,29,31)/b18-5+. The number of carbonyl (C=O) groups is 3. The molecular formula is C24H26N4O5. The summed E-state index contributed by atoms with van der Waals surface area (Å²) in [4.78, 5) is 54.3. The average Bonchev–Trinajstić information content (AvgIpc) is 2.79. The maximum atomic E-state index is 13.5. The number of hydrogen-bond donors (Lipinski definition) is 2. The molecule has 0 radical (unpaired) electrons.